The summed E-state index contributed by atoms with van der Waals surface area (Å²) in [5, 5.41) is 9.57. The van der Waals surface area contributed by atoms with Crippen molar-refractivity contribution < 1.29 is 9.84 Å². The summed E-state index contributed by atoms with van der Waals surface area (Å²) in [6.07, 6.45) is -0.0527. The van der Waals surface area contributed by atoms with Gasteiger partial charge in [-0.05, 0) is 6.92 Å². The quantitative estimate of drug-likeness (QED) is 0.738. The predicted octanol–water partition coefficient (Wildman–Crippen LogP) is 0.430. The molecule has 0 radical (unpaired) electrons. The predicted molar refractivity (Wildman–Crippen MR) is 56.6 cm³/mol. The molecule has 0 aromatic carbocycles. The molecule has 3 N–H and O–H groups in total. The molecule has 5 heteroatoms. The average Bonchev–Trinajstić information content (AvgIpc) is 2.28. The van der Waals surface area contributed by atoms with Crippen molar-refractivity contribution in [3.05, 3.63) is 17.6 Å². The smallest absolute Gasteiger partial charge is 0.216 e. The van der Waals surface area contributed by atoms with Gasteiger partial charge in [-0.1, -0.05) is 6.92 Å². The molecular weight excluding hydrogens is 194 g/mol. The van der Waals surface area contributed by atoms with Crippen LogP contribution in [0.2, 0.25) is 0 Å². The van der Waals surface area contributed by atoms with Gasteiger partial charge in [0.2, 0.25) is 5.88 Å². The summed E-state index contributed by atoms with van der Waals surface area (Å²) >= 11 is 0. The van der Waals surface area contributed by atoms with Crippen LogP contribution in [-0.2, 0) is 6.42 Å². The van der Waals surface area contributed by atoms with E-state index in [9.17, 15) is 5.11 Å². The van der Waals surface area contributed by atoms with Gasteiger partial charge in [0.05, 0.1) is 12.3 Å². The molecule has 0 fully saturated rings. The zero-order chi connectivity index (χ0) is 11.3. The molecule has 84 valence electrons. The lowest BCUT2D eigenvalue weighted by Gasteiger charge is -2.10. The van der Waals surface area contributed by atoms with Crippen molar-refractivity contribution in [1.82, 2.24) is 9.97 Å². The monoisotopic (exact) mass is 211 g/mol. The highest BCUT2D eigenvalue weighted by Crippen LogP contribution is 2.15. The van der Waals surface area contributed by atoms with E-state index < -0.39 is 6.10 Å². The topological polar surface area (TPSA) is 81.3 Å². The van der Waals surface area contributed by atoms with Gasteiger partial charge in [0.25, 0.3) is 0 Å². The van der Waals surface area contributed by atoms with E-state index in [2.05, 4.69) is 9.97 Å². The Bertz CT molecular complexity index is 318. The molecule has 0 aliphatic heterocycles. The second kappa shape index (κ2) is 5.63. The summed E-state index contributed by atoms with van der Waals surface area (Å²) in [5.74, 6) is 1.15. The Hall–Kier alpha value is -1.20. The lowest BCUT2D eigenvalue weighted by molar-refractivity contribution is 0.180. The Balaban J connectivity index is 2.99. The van der Waals surface area contributed by atoms with Gasteiger partial charge in [0.15, 0.2) is 0 Å². The Kier molecular flexibility index (Phi) is 4.45. The largest absolute Gasteiger partial charge is 0.478 e. The minimum atomic E-state index is -0.752. The summed E-state index contributed by atoms with van der Waals surface area (Å²) in [6.45, 7) is 4.51. The Morgan fingerprint density at radius 1 is 1.47 bits per heavy atom. The minimum absolute atomic E-state index is 0.145. The number of hydrogen-bond acceptors (Lipinski definition) is 5. The van der Waals surface area contributed by atoms with E-state index in [4.69, 9.17) is 10.5 Å². The number of rotatable bonds is 5. The molecule has 0 amide bonds. The zero-order valence-corrected chi connectivity index (χ0v) is 9.10. The Morgan fingerprint density at radius 2 is 2.20 bits per heavy atom. The van der Waals surface area contributed by atoms with Crippen molar-refractivity contribution in [3.8, 4) is 5.88 Å². The molecule has 0 saturated carbocycles. The van der Waals surface area contributed by atoms with Crippen molar-refractivity contribution in [2.45, 2.75) is 26.4 Å². The van der Waals surface area contributed by atoms with E-state index in [0.717, 1.165) is 0 Å². The van der Waals surface area contributed by atoms with E-state index in [1.54, 1.807) is 6.07 Å². The van der Waals surface area contributed by atoms with Gasteiger partial charge in [-0.2, -0.15) is 4.98 Å². The SMILES string of the molecule is CCOc1cc(C(O)CN)nc(CC)n1. The number of hydrogen-bond donors (Lipinski definition) is 2. The molecule has 1 aromatic rings. The van der Waals surface area contributed by atoms with Crippen LogP contribution < -0.4 is 10.5 Å². The maximum absolute atomic E-state index is 9.57. The minimum Gasteiger partial charge on any atom is -0.478 e. The lowest BCUT2D eigenvalue weighted by atomic mass is 10.2. The third-order valence-electron chi connectivity index (χ3n) is 1.94. The van der Waals surface area contributed by atoms with E-state index in [1.807, 2.05) is 13.8 Å². The second-order valence-corrected chi connectivity index (χ2v) is 3.09. The molecule has 1 aromatic heterocycles. The fourth-order valence-electron chi connectivity index (χ4n) is 1.16. The molecule has 0 bridgehead atoms. The van der Waals surface area contributed by atoms with Crippen LogP contribution >= 0.6 is 0 Å². The fourth-order valence-corrected chi connectivity index (χ4v) is 1.16. The third kappa shape index (κ3) is 3.14. The fraction of sp³-hybridized carbons (Fsp3) is 0.600. The van der Waals surface area contributed by atoms with E-state index >= 15 is 0 Å². The summed E-state index contributed by atoms with van der Waals surface area (Å²) in [5.41, 5.74) is 5.89. The standard InChI is InChI=1S/C10H17N3O2/c1-3-9-12-7(8(14)6-11)5-10(13-9)15-4-2/h5,8,14H,3-4,6,11H2,1-2H3. The molecule has 1 rings (SSSR count). The highest BCUT2D eigenvalue weighted by atomic mass is 16.5. The first-order chi connectivity index (χ1) is 7.21. The molecule has 0 spiro atoms. The number of nitrogens with zero attached hydrogens (tertiary/aromatic N) is 2. The summed E-state index contributed by atoms with van der Waals surface area (Å²) in [6, 6.07) is 1.63. The van der Waals surface area contributed by atoms with Gasteiger partial charge < -0.3 is 15.6 Å². The van der Waals surface area contributed by atoms with E-state index in [0.29, 0.717) is 30.4 Å². The number of nitrogens with two attached hydrogens (primary N) is 1. The van der Waals surface area contributed by atoms with E-state index in [1.165, 1.54) is 0 Å². The van der Waals surface area contributed by atoms with Gasteiger partial charge in [-0.25, -0.2) is 4.98 Å². The Labute approximate surface area is 89.3 Å². The van der Waals surface area contributed by atoms with Gasteiger partial charge in [0, 0.05) is 19.0 Å². The van der Waals surface area contributed by atoms with Crippen molar-refractivity contribution >= 4 is 0 Å². The van der Waals surface area contributed by atoms with Gasteiger partial charge >= 0.3 is 0 Å². The molecule has 5 nitrogen and oxygen atoms in total. The third-order valence-corrected chi connectivity index (χ3v) is 1.94. The molecule has 0 saturated heterocycles. The van der Waals surface area contributed by atoms with Gasteiger partial charge in [0.1, 0.15) is 11.9 Å². The van der Waals surface area contributed by atoms with Crippen LogP contribution in [0.5, 0.6) is 5.88 Å². The van der Waals surface area contributed by atoms with Crippen LogP contribution in [0.3, 0.4) is 0 Å². The van der Waals surface area contributed by atoms with Crippen LogP contribution in [0.1, 0.15) is 31.5 Å². The van der Waals surface area contributed by atoms with Gasteiger partial charge in [-0.15, -0.1) is 0 Å². The number of aryl methyl sites for hydroxylation is 1. The molecule has 0 aliphatic rings. The summed E-state index contributed by atoms with van der Waals surface area (Å²) in [4.78, 5) is 8.36. The molecule has 15 heavy (non-hydrogen) atoms. The first-order valence-corrected chi connectivity index (χ1v) is 5.10. The normalized spacial score (nSPS) is 12.5. The number of aliphatic hydroxyl groups excluding tert-OH is 1. The summed E-state index contributed by atoms with van der Waals surface area (Å²) < 4.78 is 5.28. The van der Waals surface area contributed by atoms with Crippen LogP contribution in [0.25, 0.3) is 0 Å². The molecule has 1 unspecified atom stereocenters. The molecule has 1 atom stereocenters. The molecule has 1 heterocycles. The van der Waals surface area contributed by atoms with Crippen LogP contribution in [0, 0.1) is 0 Å². The van der Waals surface area contributed by atoms with Crippen molar-refractivity contribution in [2.75, 3.05) is 13.2 Å². The van der Waals surface area contributed by atoms with Crippen LogP contribution in [-0.4, -0.2) is 28.2 Å². The summed E-state index contributed by atoms with van der Waals surface area (Å²) in [7, 11) is 0. The number of aliphatic hydroxyl groups is 1. The highest BCUT2D eigenvalue weighted by Gasteiger charge is 2.11. The number of aromatic nitrogens is 2. The van der Waals surface area contributed by atoms with Crippen molar-refractivity contribution in [3.63, 3.8) is 0 Å². The molecule has 0 aliphatic carbocycles. The first kappa shape index (κ1) is 11.9. The Morgan fingerprint density at radius 3 is 2.73 bits per heavy atom. The lowest BCUT2D eigenvalue weighted by Crippen LogP contribution is -2.14. The first-order valence-electron chi connectivity index (χ1n) is 5.10. The highest BCUT2D eigenvalue weighted by molar-refractivity contribution is 5.18. The van der Waals surface area contributed by atoms with Gasteiger partial charge in [-0.3, -0.25) is 0 Å². The molecular formula is C10H17N3O2. The van der Waals surface area contributed by atoms with Crippen molar-refractivity contribution in [1.29, 1.82) is 0 Å². The van der Waals surface area contributed by atoms with Crippen molar-refractivity contribution in [2.24, 2.45) is 5.73 Å². The average molecular weight is 211 g/mol. The maximum atomic E-state index is 9.57. The second-order valence-electron chi connectivity index (χ2n) is 3.09. The number of ether oxygens (including phenoxy) is 1. The van der Waals surface area contributed by atoms with Crippen LogP contribution in [0.15, 0.2) is 6.07 Å². The zero-order valence-electron chi connectivity index (χ0n) is 9.10. The van der Waals surface area contributed by atoms with Crippen LogP contribution in [0.4, 0.5) is 0 Å². The van der Waals surface area contributed by atoms with E-state index in [-0.39, 0.29) is 6.54 Å². The maximum Gasteiger partial charge on any atom is 0.216 e.